The summed E-state index contributed by atoms with van der Waals surface area (Å²) in [5.74, 6) is 0.0674. The molecule has 0 aliphatic rings. The maximum atomic E-state index is 11.5. The van der Waals surface area contributed by atoms with Gasteiger partial charge in [0.05, 0.1) is 6.42 Å². The zero-order valence-corrected chi connectivity index (χ0v) is 10.3. The number of hydrogen-bond donors (Lipinski definition) is 2. The van der Waals surface area contributed by atoms with E-state index in [0.717, 1.165) is 17.5 Å². The second-order valence-corrected chi connectivity index (χ2v) is 3.60. The zero-order chi connectivity index (χ0) is 11.1. The van der Waals surface area contributed by atoms with E-state index in [4.69, 9.17) is 5.73 Å². The lowest BCUT2D eigenvalue weighted by Crippen LogP contribution is -2.27. The fraction of sp³-hybridized carbons (Fsp3) is 0.417. The zero-order valence-electron chi connectivity index (χ0n) is 9.53. The van der Waals surface area contributed by atoms with Crippen LogP contribution in [0.2, 0.25) is 0 Å². The smallest absolute Gasteiger partial charge is 0.224 e. The predicted octanol–water partition coefficient (Wildman–Crippen LogP) is 1.42. The van der Waals surface area contributed by atoms with Crippen LogP contribution in [0.4, 0.5) is 0 Å². The third-order valence-corrected chi connectivity index (χ3v) is 2.32. The van der Waals surface area contributed by atoms with Crippen LogP contribution >= 0.6 is 12.4 Å². The Kier molecular flexibility index (Phi) is 7.60. The van der Waals surface area contributed by atoms with Gasteiger partial charge in [-0.05, 0) is 31.0 Å². The van der Waals surface area contributed by atoms with Gasteiger partial charge < -0.3 is 11.1 Å². The largest absolute Gasteiger partial charge is 0.356 e. The van der Waals surface area contributed by atoms with Gasteiger partial charge >= 0.3 is 0 Å². The Morgan fingerprint density at radius 2 is 2.06 bits per heavy atom. The highest BCUT2D eigenvalue weighted by Gasteiger charge is 2.03. The minimum Gasteiger partial charge on any atom is -0.356 e. The summed E-state index contributed by atoms with van der Waals surface area (Å²) in [7, 11) is 0. The van der Waals surface area contributed by atoms with Gasteiger partial charge in [-0.3, -0.25) is 4.79 Å². The monoisotopic (exact) mass is 242 g/mol. The Bertz CT molecular complexity index is 329. The molecule has 1 aromatic rings. The molecule has 0 saturated heterocycles. The number of halogens is 1. The highest BCUT2D eigenvalue weighted by molar-refractivity contribution is 5.85. The number of nitrogens with one attached hydrogen (secondary N) is 1. The second-order valence-electron chi connectivity index (χ2n) is 3.60. The summed E-state index contributed by atoms with van der Waals surface area (Å²) in [5, 5.41) is 2.84. The molecule has 0 aliphatic carbocycles. The molecule has 0 heterocycles. The van der Waals surface area contributed by atoms with Gasteiger partial charge in [0.1, 0.15) is 0 Å². The first-order valence-electron chi connectivity index (χ1n) is 5.25. The molecule has 0 bridgehead atoms. The first-order chi connectivity index (χ1) is 7.24. The van der Waals surface area contributed by atoms with Crippen molar-refractivity contribution < 1.29 is 4.79 Å². The molecule has 0 unspecified atom stereocenters. The van der Waals surface area contributed by atoms with Crippen LogP contribution in [0.1, 0.15) is 17.5 Å². The number of nitrogens with two attached hydrogens (primary N) is 1. The van der Waals surface area contributed by atoms with Crippen LogP contribution < -0.4 is 11.1 Å². The average molecular weight is 243 g/mol. The fourth-order valence-corrected chi connectivity index (χ4v) is 1.37. The van der Waals surface area contributed by atoms with Crippen molar-refractivity contribution in [3.05, 3.63) is 35.4 Å². The van der Waals surface area contributed by atoms with Crippen molar-refractivity contribution in [2.75, 3.05) is 13.1 Å². The van der Waals surface area contributed by atoms with Crippen LogP contribution in [0.15, 0.2) is 24.3 Å². The van der Waals surface area contributed by atoms with Gasteiger partial charge in [-0.1, -0.05) is 24.3 Å². The van der Waals surface area contributed by atoms with Crippen molar-refractivity contribution in [1.29, 1.82) is 0 Å². The lowest BCUT2D eigenvalue weighted by molar-refractivity contribution is -0.120. The molecular formula is C12H19ClN2O. The van der Waals surface area contributed by atoms with Crippen LogP contribution in [0.25, 0.3) is 0 Å². The van der Waals surface area contributed by atoms with E-state index in [2.05, 4.69) is 5.32 Å². The van der Waals surface area contributed by atoms with Gasteiger partial charge in [0, 0.05) is 6.54 Å². The van der Waals surface area contributed by atoms with Crippen molar-refractivity contribution in [2.24, 2.45) is 5.73 Å². The van der Waals surface area contributed by atoms with E-state index in [-0.39, 0.29) is 18.3 Å². The summed E-state index contributed by atoms with van der Waals surface area (Å²) >= 11 is 0. The maximum absolute atomic E-state index is 11.5. The summed E-state index contributed by atoms with van der Waals surface area (Å²) in [6.45, 7) is 3.30. The van der Waals surface area contributed by atoms with Gasteiger partial charge in [0.15, 0.2) is 0 Å². The Morgan fingerprint density at radius 3 is 2.69 bits per heavy atom. The molecule has 1 rings (SSSR count). The Labute approximate surface area is 103 Å². The van der Waals surface area contributed by atoms with Crippen LogP contribution in [0, 0.1) is 6.92 Å². The minimum atomic E-state index is 0. The van der Waals surface area contributed by atoms with Crippen LogP contribution in [-0.2, 0) is 11.2 Å². The Morgan fingerprint density at radius 1 is 1.38 bits per heavy atom. The van der Waals surface area contributed by atoms with Gasteiger partial charge in [0.25, 0.3) is 0 Å². The molecule has 16 heavy (non-hydrogen) atoms. The number of hydrogen-bond acceptors (Lipinski definition) is 2. The van der Waals surface area contributed by atoms with E-state index in [0.29, 0.717) is 19.5 Å². The molecule has 0 aromatic heterocycles. The topological polar surface area (TPSA) is 55.1 Å². The van der Waals surface area contributed by atoms with Gasteiger partial charge in [-0.15, -0.1) is 12.4 Å². The molecule has 0 aliphatic heterocycles. The summed E-state index contributed by atoms with van der Waals surface area (Å²) in [6, 6.07) is 7.93. The summed E-state index contributed by atoms with van der Waals surface area (Å²) < 4.78 is 0. The van der Waals surface area contributed by atoms with Crippen molar-refractivity contribution in [3.63, 3.8) is 0 Å². The lowest BCUT2D eigenvalue weighted by Gasteiger charge is -2.06. The summed E-state index contributed by atoms with van der Waals surface area (Å²) in [6.07, 6.45) is 1.29. The van der Waals surface area contributed by atoms with Gasteiger partial charge in [0.2, 0.25) is 5.91 Å². The molecule has 3 N–H and O–H groups in total. The van der Waals surface area contributed by atoms with E-state index in [1.807, 2.05) is 31.2 Å². The second kappa shape index (κ2) is 8.13. The standard InChI is InChI=1S/C12H18N2O.ClH/c1-10-5-2-3-6-11(10)9-12(15)14-8-4-7-13;/h2-3,5-6H,4,7-9,13H2,1H3,(H,14,15);1H. The normalized spacial score (nSPS) is 9.38. The minimum absolute atomic E-state index is 0. The first-order valence-corrected chi connectivity index (χ1v) is 5.25. The fourth-order valence-electron chi connectivity index (χ4n) is 1.37. The lowest BCUT2D eigenvalue weighted by atomic mass is 10.1. The average Bonchev–Trinajstić information content (AvgIpc) is 2.22. The number of amides is 1. The summed E-state index contributed by atoms with van der Waals surface area (Å²) in [5.41, 5.74) is 7.58. The highest BCUT2D eigenvalue weighted by Crippen LogP contribution is 2.07. The van der Waals surface area contributed by atoms with E-state index < -0.39 is 0 Å². The van der Waals surface area contributed by atoms with E-state index in [9.17, 15) is 4.79 Å². The Balaban J connectivity index is 0.00000225. The van der Waals surface area contributed by atoms with Crippen LogP contribution in [0.3, 0.4) is 0 Å². The number of carbonyl (C=O) groups is 1. The number of rotatable bonds is 5. The number of benzene rings is 1. The van der Waals surface area contributed by atoms with Gasteiger partial charge in [-0.2, -0.15) is 0 Å². The maximum Gasteiger partial charge on any atom is 0.224 e. The molecule has 0 radical (unpaired) electrons. The number of aryl methyl sites for hydroxylation is 1. The predicted molar refractivity (Wildman–Crippen MR) is 68.8 cm³/mol. The quantitative estimate of drug-likeness (QED) is 0.768. The van der Waals surface area contributed by atoms with Crippen molar-refractivity contribution in [1.82, 2.24) is 5.32 Å². The molecule has 90 valence electrons. The van der Waals surface area contributed by atoms with Crippen LogP contribution in [-0.4, -0.2) is 19.0 Å². The highest BCUT2D eigenvalue weighted by atomic mass is 35.5. The molecule has 0 saturated carbocycles. The van der Waals surface area contributed by atoms with E-state index in [1.54, 1.807) is 0 Å². The number of carbonyl (C=O) groups excluding carboxylic acids is 1. The first kappa shape index (κ1) is 14.9. The molecule has 1 aromatic carbocycles. The Hall–Kier alpha value is -1.06. The van der Waals surface area contributed by atoms with Crippen LogP contribution in [0.5, 0.6) is 0 Å². The van der Waals surface area contributed by atoms with Gasteiger partial charge in [-0.25, -0.2) is 0 Å². The molecule has 0 atom stereocenters. The molecule has 0 spiro atoms. The third-order valence-electron chi connectivity index (χ3n) is 2.32. The summed E-state index contributed by atoms with van der Waals surface area (Å²) in [4.78, 5) is 11.5. The molecule has 3 nitrogen and oxygen atoms in total. The van der Waals surface area contributed by atoms with Crippen molar-refractivity contribution in [3.8, 4) is 0 Å². The SMILES string of the molecule is Cc1ccccc1CC(=O)NCCCN.Cl. The molecule has 4 heteroatoms. The molecule has 1 amide bonds. The third kappa shape index (κ3) is 5.14. The van der Waals surface area contributed by atoms with Crippen molar-refractivity contribution in [2.45, 2.75) is 19.8 Å². The van der Waals surface area contributed by atoms with E-state index in [1.165, 1.54) is 0 Å². The molecule has 0 fully saturated rings. The molecular weight excluding hydrogens is 224 g/mol. The van der Waals surface area contributed by atoms with Crippen molar-refractivity contribution >= 4 is 18.3 Å². The van der Waals surface area contributed by atoms with E-state index >= 15 is 0 Å².